The SMILES string of the molecule is COc1ccc(-c2nnc(SCC(=O)NCCc3ccc(F)cc3)o2)c(OC)c1. The second kappa shape index (κ2) is 9.92. The zero-order valence-corrected chi connectivity index (χ0v) is 16.8. The van der Waals surface area contributed by atoms with Gasteiger partial charge in [0.05, 0.1) is 25.5 Å². The lowest BCUT2D eigenvalue weighted by atomic mass is 10.1. The number of hydrogen-bond acceptors (Lipinski definition) is 7. The number of amides is 1. The molecule has 0 aliphatic rings. The number of carbonyl (C=O) groups is 1. The number of nitrogens with one attached hydrogen (secondary N) is 1. The Balaban J connectivity index is 1.50. The topological polar surface area (TPSA) is 86.5 Å². The number of carbonyl (C=O) groups excluding carboxylic acids is 1. The molecule has 3 rings (SSSR count). The first-order chi connectivity index (χ1) is 14.1. The molecule has 1 heterocycles. The van der Waals surface area contributed by atoms with Crippen molar-refractivity contribution in [1.82, 2.24) is 15.5 Å². The van der Waals surface area contributed by atoms with Crippen molar-refractivity contribution in [2.24, 2.45) is 0 Å². The van der Waals surface area contributed by atoms with E-state index in [0.717, 1.165) is 17.3 Å². The quantitative estimate of drug-likeness (QED) is 0.534. The number of halogens is 1. The lowest BCUT2D eigenvalue weighted by Gasteiger charge is -2.07. The van der Waals surface area contributed by atoms with E-state index < -0.39 is 0 Å². The molecular formula is C20H20FN3O4S. The summed E-state index contributed by atoms with van der Waals surface area (Å²) in [5, 5.41) is 11.1. The van der Waals surface area contributed by atoms with E-state index in [1.54, 1.807) is 44.6 Å². The molecule has 2 aromatic carbocycles. The van der Waals surface area contributed by atoms with Crippen molar-refractivity contribution in [2.45, 2.75) is 11.6 Å². The molecule has 7 nitrogen and oxygen atoms in total. The number of rotatable bonds is 9. The van der Waals surface area contributed by atoms with Crippen LogP contribution in [-0.4, -0.2) is 42.6 Å². The number of aromatic nitrogens is 2. The van der Waals surface area contributed by atoms with Gasteiger partial charge in [-0.1, -0.05) is 23.9 Å². The number of ether oxygens (including phenoxy) is 2. The third-order valence-corrected chi connectivity index (χ3v) is 4.84. The highest BCUT2D eigenvalue weighted by atomic mass is 32.2. The molecular weight excluding hydrogens is 397 g/mol. The third kappa shape index (κ3) is 5.71. The fourth-order valence-corrected chi connectivity index (χ4v) is 3.12. The normalized spacial score (nSPS) is 10.6. The third-order valence-electron chi connectivity index (χ3n) is 4.02. The highest BCUT2D eigenvalue weighted by molar-refractivity contribution is 7.99. The van der Waals surface area contributed by atoms with Crippen LogP contribution >= 0.6 is 11.8 Å². The van der Waals surface area contributed by atoms with E-state index in [4.69, 9.17) is 13.9 Å². The maximum atomic E-state index is 12.9. The van der Waals surface area contributed by atoms with Gasteiger partial charge in [-0.3, -0.25) is 4.79 Å². The molecule has 0 saturated carbocycles. The average molecular weight is 417 g/mol. The molecule has 0 bridgehead atoms. The molecule has 29 heavy (non-hydrogen) atoms. The number of hydrogen-bond donors (Lipinski definition) is 1. The van der Waals surface area contributed by atoms with E-state index in [-0.39, 0.29) is 22.7 Å². The summed E-state index contributed by atoms with van der Waals surface area (Å²) in [5.74, 6) is 1.20. The van der Waals surface area contributed by atoms with E-state index in [2.05, 4.69) is 15.5 Å². The Kier molecular flexibility index (Phi) is 7.07. The first-order valence-corrected chi connectivity index (χ1v) is 9.77. The molecule has 1 N–H and O–H groups in total. The zero-order chi connectivity index (χ0) is 20.6. The Bertz CT molecular complexity index is 963. The van der Waals surface area contributed by atoms with Crippen LogP contribution in [0.15, 0.2) is 52.1 Å². The molecule has 0 aliphatic heterocycles. The van der Waals surface area contributed by atoms with Gasteiger partial charge in [-0.15, -0.1) is 10.2 Å². The van der Waals surface area contributed by atoms with E-state index in [1.165, 1.54) is 12.1 Å². The van der Waals surface area contributed by atoms with Crippen LogP contribution in [0.3, 0.4) is 0 Å². The predicted molar refractivity (Wildman–Crippen MR) is 107 cm³/mol. The number of benzene rings is 2. The minimum Gasteiger partial charge on any atom is -0.497 e. The van der Waals surface area contributed by atoms with E-state index in [9.17, 15) is 9.18 Å². The molecule has 1 amide bonds. The summed E-state index contributed by atoms with van der Waals surface area (Å²) in [6, 6.07) is 11.5. The summed E-state index contributed by atoms with van der Waals surface area (Å²) in [5.41, 5.74) is 1.59. The fraction of sp³-hybridized carbons (Fsp3) is 0.250. The van der Waals surface area contributed by atoms with Gasteiger partial charge in [0.25, 0.3) is 11.1 Å². The molecule has 0 unspecified atom stereocenters. The van der Waals surface area contributed by atoms with Crippen molar-refractivity contribution in [3.8, 4) is 23.0 Å². The van der Waals surface area contributed by atoms with Crippen LogP contribution in [0, 0.1) is 5.82 Å². The lowest BCUT2D eigenvalue weighted by molar-refractivity contribution is -0.118. The summed E-state index contributed by atoms with van der Waals surface area (Å²) in [6.07, 6.45) is 0.624. The lowest BCUT2D eigenvalue weighted by Crippen LogP contribution is -2.27. The van der Waals surface area contributed by atoms with E-state index in [0.29, 0.717) is 35.9 Å². The van der Waals surface area contributed by atoms with Crippen molar-refractivity contribution < 1.29 is 23.1 Å². The fourth-order valence-electron chi connectivity index (χ4n) is 2.53. The average Bonchev–Trinajstić information content (AvgIpc) is 3.22. The van der Waals surface area contributed by atoms with E-state index >= 15 is 0 Å². The zero-order valence-electron chi connectivity index (χ0n) is 16.0. The number of nitrogens with zero attached hydrogens (tertiary/aromatic N) is 2. The van der Waals surface area contributed by atoms with Gasteiger partial charge in [0.2, 0.25) is 5.91 Å². The Morgan fingerprint density at radius 2 is 1.93 bits per heavy atom. The van der Waals surface area contributed by atoms with Gasteiger partial charge in [0.1, 0.15) is 17.3 Å². The van der Waals surface area contributed by atoms with Crippen molar-refractivity contribution >= 4 is 17.7 Å². The first kappa shape index (κ1) is 20.7. The van der Waals surface area contributed by atoms with E-state index in [1.807, 2.05) is 0 Å². The standard InChI is InChI=1S/C20H20FN3O4S/c1-26-15-7-8-16(17(11-15)27-2)19-23-24-20(28-19)29-12-18(25)22-10-9-13-3-5-14(21)6-4-13/h3-8,11H,9-10,12H2,1-2H3,(H,22,25). The summed E-state index contributed by atoms with van der Waals surface area (Å²) in [7, 11) is 3.11. The Morgan fingerprint density at radius 3 is 2.66 bits per heavy atom. The molecule has 0 atom stereocenters. The van der Waals surface area contributed by atoms with Gasteiger partial charge in [-0.05, 0) is 36.2 Å². The van der Waals surface area contributed by atoms with Crippen molar-refractivity contribution in [2.75, 3.05) is 26.5 Å². The molecule has 0 radical (unpaired) electrons. The van der Waals surface area contributed by atoms with Gasteiger partial charge in [0.15, 0.2) is 0 Å². The second-order valence-corrected chi connectivity index (χ2v) is 6.88. The maximum Gasteiger partial charge on any atom is 0.277 e. The highest BCUT2D eigenvalue weighted by Gasteiger charge is 2.15. The van der Waals surface area contributed by atoms with Gasteiger partial charge in [0, 0.05) is 12.6 Å². The summed E-state index contributed by atoms with van der Waals surface area (Å²) < 4.78 is 29.0. The predicted octanol–water partition coefficient (Wildman–Crippen LogP) is 3.34. The summed E-state index contributed by atoms with van der Waals surface area (Å²) in [4.78, 5) is 12.0. The minimum absolute atomic E-state index is 0.144. The largest absolute Gasteiger partial charge is 0.497 e. The molecule has 0 saturated heterocycles. The molecule has 0 aliphatic carbocycles. The minimum atomic E-state index is -0.277. The molecule has 1 aromatic heterocycles. The second-order valence-electron chi connectivity index (χ2n) is 5.95. The smallest absolute Gasteiger partial charge is 0.277 e. The molecule has 0 spiro atoms. The van der Waals surface area contributed by atoms with Gasteiger partial charge in [-0.2, -0.15) is 0 Å². The first-order valence-electron chi connectivity index (χ1n) is 8.79. The molecule has 152 valence electrons. The van der Waals surface area contributed by atoms with Crippen LogP contribution in [0.4, 0.5) is 4.39 Å². The van der Waals surface area contributed by atoms with Crippen LogP contribution < -0.4 is 14.8 Å². The van der Waals surface area contributed by atoms with Crippen molar-refractivity contribution in [1.29, 1.82) is 0 Å². The summed E-state index contributed by atoms with van der Waals surface area (Å²) >= 11 is 1.15. The number of methoxy groups -OCH3 is 2. The van der Waals surface area contributed by atoms with Crippen LogP contribution in [-0.2, 0) is 11.2 Å². The Hall–Kier alpha value is -3.07. The maximum absolute atomic E-state index is 12.9. The van der Waals surface area contributed by atoms with Crippen LogP contribution in [0.2, 0.25) is 0 Å². The van der Waals surface area contributed by atoms with Crippen LogP contribution in [0.1, 0.15) is 5.56 Å². The Morgan fingerprint density at radius 1 is 1.14 bits per heavy atom. The van der Waals surface area contributed by atoms with Crippen LogP contribution in [0.5, 0.6) is 11.5 Å². The summed E-state index contributed by atoms with van der Waals surface area (Å²) in [6.45, 7) is 0.461. The Labute approximate surface area is 171 Å². The molecule has 3 aromatic rings. The van der Waals surface area contributed by atoms with Gasteiger partial charge >= 0.3 is 0 Å². The highest BCUT2D eigenvalue weighted by Crippen LogP contribution is 2.33. The van der Waals surface area contributed by atoms with Crippen molar-refractivity contribution in [3.05, 3.63) is 53.8 Å². The molecule has 0 fully saturated rings. The molecule has 9 heteroatoms. The van der Waals surface area contributed by atoms with Gasteiger partial charge in [-0.25, -0.2) is 4.39 Å². The van der Waals surface area contributed by atoms with Crippen LogP contribution in [0.25, 0.3) is 11.5 Å². The van der Waals surface area contributed by atoms with Crippen molar-refractivity contribution in [3.63, 3.8) is 0 Å². The van der Waals surface area contributed by atoms with Gasteiger partial charge < -0.3 is 19.2 Å². The number of thioether (sulfide) groups is 1. The monoisotopic (exact) mass is 417 g/mol.